The zero-order chi connectivity index (χ0) is 17.8. The van der Waals surface area contributed by atoms with Gasteiger partial charge in [-0.25, -0.2) is 9.18 Å². The lowest BCUT2D eigenvalue weighted by Gasteiger charge is -2.15. The van der Waals surface area contributed by atoms with Gasteiger partial charge in [-0.1, -0.05) is 30.3 Å². The van der Waals surface area contributed by atoms with Gasteiger partial charge in [0.05, 0.1) is 11.1 Å². The van der Waals surface area contributed by atoms with Gasteiger partial charge in [0, 0.05) is 18.0 Å². The Hall–Kier alpha value is -3.28. The molecule has 0 aliphatic carbocycles. The van der Waals surface area contributed by atoms with E-state index in [0.29, 0.717) is 16.6 Å². The number of nitrogens with one attached hydrogen (secondary N) is 1. The van der Waals surface area contributed by atoms with Crippen LogP contribution in [0, 0.1) is 5.82 Å². The zero-order valence-corrected chi connectivity index (χ0v) is 13.1. The number of amides is 1. The van der Waals surface area contributed by atoms with Gasteiger partial charge in [0.1, 0.15) is 11.9 Å². The van der Waals surface area contributed by atoms with E-state index in [1.807, 2.05) is 12.1 Å². The molecule has 0 radical (unpaired) electrons. The molecule has 1 aromatic heterocycles. The predicted molar refractivity (Wildman–Crippen MR) is 90.7 cm³/mol. The van der Waals surface area contributed by atoms with Crippen LogP contribution in [-0.2, 0) is 11.2 Å². The minimum absolute atomic E-state index is 0.0168. The van der Waals surface area contributed by atoms with Crippen molar-refractivity contribution in [2.75, 3.05) is 0 Å². The van der Waals surface area contributed by atoms with E-state index < -0.39 is 23.7 Å². The number of pyridine rings is 1. The largest absolute Gasteiger partial charge is 0.480 e. The Bertz CT molecular complexity index is 937. The molecule has 2 N–H and O–H groups in total. The molecule has 0 aliphatic rings. The highest BCUT2D eigenvalue weighted by atomic mass is 19.1. The molecule has 25 heavy (non-hydrogen) atoms. The zero-order valence-electron chi connectivity index (χ0n) is 13.1. The van der Waals surface area contributed by atoms with Gasteiger partial charge in [-0.05, 0) is 29.8 Å². The molecule has 0 saturated carbocycles. The quantitative estimate of drug-likeness (QED) is 0.750. The number of aromatic nitrogens is 1. The van der Waals surface area contributed by atoms with E-state index in [4.69, 9.17) is 0 Å². The summed E-state index contributed by atoms with van der Waals surface area (Å²) in [5.74, 6) is -2.18. The number of benzene rings is 2. The number of carboxylic acid groups (broad SMARTS) is 1. The maximum absolute atomic E-state index is 13.3. The number of carbonyl (C=O) groups is 2. The number of para-hydroxylation sites is 1. The predicted octanol–water partition coefficient (Wildman–Crippen LogP) is 2.80. The number of rotatable bonds is 5. The monoisotopic (exact) mass is 338 g/mol. The SMILES string of the molecule is O=C(N[C@H](Cc1cccc(F)c1)C(=O)O)c1cccc2cccnc12. The Morgan fingerprint density at radius 2 is 1.88 bits per heavy atom. The number of nitrogens with zero attached hydrogens (tertiary/aromatic N) is 1. The minimum atomic E-state index is -1.19. The molecule has 0 bridgehead atoms. The van der Waals surface area contributed by atoms with E-state index in [1.165, 1.54) is 18.2 Å². The standard InChI is InChI=1S/C19H15FN2O3/c20-14-7-1-4-12(10-14)11-16(19(24)25)22-18(23)15-8-2-5-13-6-3-9-21-17(13)15/h1-10,16H,11H2,(H,22,23)(H,24,25)/t16-/m1/s1. The first-order valence-corrected chi connectivity index (χ1v) is 7.66. The summed E-state index contributed by atoms with van der Waals surface area (Å²) in [4.78, 5) is 28.2. The van der Waals surface area contributed by atoms with Crippen LogP contribution in [0.1, 0.15) is 15.9 Å². The minimum Gasteiger partial charge on any atom is -0.480 e. The first-order valence-electron chi connectivity index (χ1n) is 7.66. The second-order valence-electron chi connectivity index (χ2n) is 5.58. The van der Waals surface area contributed by atoms with Crippen LogP contribution in [0.4, 0.5) is 4.39 Å². The molecule has 6 heteroatoms. The number of hydrogen-bond donors (Lipinski definition) is 2. The summed E-state index contributed by atoms with van der Waals surface area (Å²) in [6, 6.07) is 13.2. The summed E-state index contributed by atoms with van der Waals surface area (Å²) < 4.78 is 13.3. The van der Waals surface area contributed by atoms with Crippen LogP contribution < -0.4 is 5.32 Å². The molecule has 126 valence electrons. The first kappa shape index (κ1) is 16.6. The van der Waals surface area contributed by atoms with Crippen molar-refractivity contribution in [1.82, 2.24) is 10.3 Å². The van der Waals surface area contributed by atoms with Gasteiger partial charge in [0.2, 0.25) is 0 Å². The molecular weight excluding hydrogens is 323 g/mol. The molecule has 5 nitrogen and oxygen atoms in total. The normalized spacial score (nSPS) is 11.9. The molecular formula is C19H15FN2O3. The van der Waals surface area contributed by atoms with Crippen LogP contribution in [0.2, 0.25) is 0 Å². The molecule has 2 aromatic carbocycles. The van der Waals surface area contributed by atoms with Crippen LogP contribution in [0.25, 0.3) is 10.9 Å². The van der Waals surface area contributed by atoms with Crippen molar-refractivity contribution in [3.05, 3.63) is 77.7 Å². The number of carboxylic acids is 1. The number of hydrogen-bond acceptors (Lipinski definition) is 3. The maximum Gasteiger partial charge on any atom is 0.326 e. The lowest BCUT2D eigenvalue weighted by Crippen LogP contribution is -2.42. The summed E-state index contributed by atoms with van der Waals surface area (Å²) in [7, 11) is 0. The summed E-state index contributed by atoms with van der Waals surface area (Å²) in [6.45, 7) is 0. The fourth-order valence-corrected chi connectivity index (χ4v) is 2.62. The van der Waals surface area contributed by atoms with Crippen molar-refractivity contribution in [3.8, 4) is 0 Å². The summed E-state index contributed by atoms with van der Waals surface area (Å²) in [5.41, 5.74) is 1.28. The van der Waals surface area contributed by atoms with Crippen LogP contribution >= 0.6 is 0 Å². The lowest BCUT2D eigenvalue weighted by molar-refractivity contribution is -0.139. The van der Waals surface area contributed by atoms with Crippen LogP contribution in [0.3, 0.4) is 0 Å². The van der Waals surface area contributed by atoms with E-state index in [9.17, 15) is 19.1 Å². The second kappa shape index (κ2) is 7.09. The second-order valence-corrected chi connectivity index (χ2v) is 5.58. The van der Waals surface area contributed by atoms with Gasteiger partial charge in [-0.15, -0.1) is 0 Å². The van der Waals surface area contributed by atoms with E-state index >= 15 is 0 Å². The van der Waals surface area contributed by atoms with Gasteiger partial charge in [0.15, 0.2) is 0 Å². The van der Waals surface area contributed by atoms with Gasteiger partial charge in [-0.2, -0.15) is 0 Å². The summed E-state index contributed by atoms with van der Waals surface area (Å²) in [5, 5.41) is 12.7. The summed E-state index contributed by atoms with van der Waals surface area (Å²) in [6.07, 6.45) is 1.55. The Kier molecular flexibility index (Phi) is 4.70. The Balaban J connectivity index is 1.84. The molecule has 1 amide bonds. The average Bonchev–Trinajstić information content (AvgIpc) is 2.60. The highest BCUT2D eigenvalue weighted by Gasteiger charge is 2.22. The van der Waals surface area contributed by atoms with Crippen molar-refractivity contribution < 1.29 is 19.1 Å². The topological polar surface area (TPSA) is 79.3 Å². The smallest absolute Gasteiger partial charge is 0.326 e. The third-order valence-electron chi connectivity index (χ3n) is 3.81. The fourth-order valence-electron chi connectivity index (χ4n) is 2.62. The molecule has 0 saturated heterocycles. The van der Waals surface area contributed by atoms with Gasteiger partial charge < -0.3 is 10.4 Å². The first-order chi connectivity index (χ1) is 12.0. The van der Waals surface area contributed by atoms with Crippen molar-refractivity contribution in [1.29, 1.82) is 0 Å². The van der Waals surface area contributed by atoms with Crippen LogP contribution in [-0.4, -0.2) is 28.0 Å². The van der Waals surface area contributed by atoms with E-state index in [1.54, 1.807) is 30.5 Å². The van der Waals surface area contributed by atoms with Crippen molar-refractivity contribution in [2.24, 2.45) is 0 Å². The molecule has 0 fully saturated rings. The molecule has 1 atom stereocenters. The molecule has 3 rings (SSSR count). The van der Waals surface area contributed by atoms with Gasteiger partial charge in [-0.3, -0.25) is 9.78 Å². The highest BCUT2D eigenvalue weighted by molar-refractivity contribution is 6.06. The van der Waals surface area contributed by atoms with E-state index in [-0.39, 0.29) is 6.42 Å². The third kappa shape index (κ3) is 3.80. The van der Waals surface area contributed by atoms with E-state index in [2.05, 4.69) is 10.3 Å². The third-order valence-corrected chi connectivity index (χ3v) is 3.81. The number of aliphatic carboxylic acids is 1. The maximum atomic E-state index is 13.3. The van der Waals surface area contributed by atoms with Crippen LogP contribution in [0.5, 0.6) is 0 Å². The van der Waals surface area contributed by atoms with E-state index in [0.717, 1.165) is 5.39 Å². The number of halogens is 1. The lowest BCUT2D eigenvalue weighted by atomic mass is 10.0. The average molecular weight is 338 g/mol. The van der Waals surface area contributed by atoms with Crippen molar-refractivity contribution in [2.45, 2.75) is 12.5 Å². The Morgan fingerprint density at radius 3 is 2.64 bits per heavy atom. The molecule has 0 aliphatic heterocycles. The number of fused-ring (bicyclic) bond motifs is 1. The molecule has 1 heterocycles. The Morgan fingerprint density at radius 1 is 1.12 bits per heavy atom. The van der Waals surface area contributed by atoms with Crippen molar-refractivity contribution >= 4 is 22.8 Å². The molecule has 0 spiro atoms. The highest BCUT2D eigenvalue weighted by Crippen LogP contribution is 2.16. The Labute approximate surface area is 143 Å². The van der Waals surface area contributed by atoms with Crippen molar-refractivity contribution in [3.63, 3.8) is 0 Å². The molecule has 0 unspecified atom stereocenters. The van der Waals surface area contributed by atoms with Gasteiger partial charge >= 0.3 is 5.97 Å². The molecule has 3 aromatic rings. The summed E-state index contributed by atoms with van der Waals surface area (Å²) >= 11 is 0. The fraction of sp³-hybridized carbons (Fsp3) is 0.105. The van der Waals surface area contributed by atoms with Gasteiger partial charge in [0.25, 0.3) is 5.91 Å². The number of carbonyl (C=O) groups excluding carboxylic acids is 1. The van der Waals surface area contributed by atoms with Crippen LogP contribution in [0.15, 0.2) is 60.8 Å².